The Balaban J connectivity index is 2.36. The lowest BCUT2D eigenvalue weighted by atomic mass is 10.2. The van der Waals surface area contributed by atoms with E-state index in [0.29, 0.717) is 0 Å². The smallest absolute Gasteiger partial charge is 0.133 e. The minimum absolute atomic E-state index is 0.732. The van der Waals surface area contributed by atoms with Crippen LogP contribution in [0.3, 0.4) is 0 Å². The van der Waals surface area contributed by atoms with Crippen molar-refractivity contribution in [3.8, 4) is 5.75 Å². The first kappa shape index (κ1) is 14.0. The molecule has 16 heavy (non-hydrogen) atoms. The summed E-state index contributed by atoms with van der Waals surface area (Å²) < 4.78 is 11.7. The Morgan fingerprint density at radius 2 is 1.94 bits per heavy atom. The summed E-state index contributed by atoms with van der Waals surface area (Å²) in [5.74, 6) is 0.905. The molecule has 0 bridgehead atoms. The summed E-state index contributed by atoms with van der Waals surface area (Å²) in [5.41, 5.74) is 1.23. The SMILES string of the molecule is COCCCCOc1ccc(CBr)cc1Br. The maximum atomic E-state index is 5.67. The topological polar surface area (TPSA) is 18.5 Å². The first-order chi connectivity index (χ1) is 7.77. The molecule has 90 valence electrons. The Morgan fingerprint density at radius 1 is 1.19 bits per heavy atom. The molecule has 0 saturated heterocycles. The van der Waals surface area contributed by atoms with Gasteiger partial charge >= 0.3 is 0 Å². The normalized spacial score (nSPS) is 10.4. The van der Waals surface area contributed by atoms with Crippen molar-refractivity contribution in [2.75, 3.05) is 20.3 Å². The molecule has 0 unspecified atom stereocenters. The first-order valence-electron chi connectivity index (χ1n) is 5.24. The fraction of sp³-hybridized carbons (Fsp3) is 0.500. The number of rotatable bonds is 7. The van der Waals surface area contributed by atoms with E-state index in [1.807, 2.05) is 6.07 Å². The molecule has 1 aromatic rings. The number of methoxy groups -OCH3 is 1. The van der Waals surface area contributed by atoms with Gasteiger partial charge in [0.05, 0.1) is 11.1 Å². The minimum Gasteiger partial charge on any atom is -0.492 e. The molecule has 1 aromatic carbocycles. The molecule has 1 rings (SSSR count). The number of hydrogen-bond acceptors (Lipinski definition) is 2. The van der Waals surface area contributed by atoms with Crippen molar-refractivity contribution in [1.29, 1.82) is 0 Å². The molecular formula is C12H16Br2O2. The highest BCUT2D eigenvalue weighted by molar-refractivity contribution is 9.10. The lowest BCUT2D eigenvalue weighted by molar-refractivity contribution is 0.184. The Kier molecular flexibility index (Phi) is 7.08. The zero-order valence-corrected chi connectivity index (χ0v) is 12.5. The van der Waals surface area contributed by atoms with Gasteiger partial charge in [0.1, 0.15) is 5.75 Å². The second-order valence-corrected chi connectivity index (χ2v) is 4.86. The average molecular weight is 352 g/mol. The predicted octanol–water partition coefficient (Wildman–Crippen LogP) is 4.15. The molecule has 0 fully saturated rings. The summed E-state index contributed by atoms with van der Waals surface area (Å²) in [4.78, 5) is 0. The third-order valence-electron chi connectivity index (χ3n) is 2.15. The van der Waals surface area contributed by atoms with Gasteiger partial charge in [0.2, 0.25) is 0 Å². The summed E-state index contributed by atoms with van der Waals surface area (Å²) in [6.07, 6.45) is 2.05. The van der Waals surface area contributed by atoms with Crippen LogP contribution in [0.5, 0.6) is 5.75 Å². The highest BCUT2D eigenvalue weighted by Crippen LogP contribution is 2.26. The van der Waals surface area contributed by atoms with Crippen LogP contribution < -0.4 is 4.74 Å². The Bertz CT molecular complexity index is 316. The van der Waals surface area contributed by atoms with Crippen molar-refractivity contribution in [3.05, 3.63) is 28.2 Å². The van der Waals surface area contributed by atoms with Crippen molar-refractivity contribution >= 4 is 31.9 Å². The van der Waals surface area contributed by atoms with Gasteiger partial charge in [-0.1, -0.05) is 22.0 Å². The minimum atomic E-state index is 0.732. The van der Waals surface area contributed by atoms with Gasteiger partial charge in [0.15, 0.2) is 0 Å². The second-order valence-electron chi connectivity index (χ2n) is 3.45. The van der Waals surface area contributed by atoms with Gasteiger partial charge in [-0.25, -0.2) is 0 Å². The Labute approximate surface area is 114 Å². The zero-order valence-electron chi connectivity index (χ0n) is 9.34. The maximum absolute atomic E-state index is 5.67. The van der Waals surface area contributed by atoms with Crippen LogP contribution in [0.15, 0.2) is 22.7 Å². The summed E-state index contributed by atoms with van der Waals surface area (Å²) in [7, 11) is 1.72. The molecule has 0 spiro atoms. The standard InChI is InChI=1S/C12H16Br2O2/c1-15-6-2-3-7-16-12-5-4-10(9-13)8-11(12)14/h4-5,8H,2-3,6-7,9H2,1H3. The largest absolute Gasteiger partial charge is 0.492 e. The Morgan fingerprint density at radius 3 is 2.56 bits per heavy atom. The number of halogens is 2. The highest BCUT2D eigenvalue weighted by atomic mass is 79.9. The molecule has 0 atom stereocenters. The summed E-state index contributed by atoms with van der Waals surface area (Å²) in [6, 6.07) is 6.13. The van der Waals surface area contributed by atoms with Crippen molar-refractivity contribution in [2.45, 2.75) is 18.2 Å². The van der Waals surface area contributed by atoms with E-state index in [0.717, 1.165) is 41.6 Å². The molecule has 0 aliphatic heterocycles. The molecule has 0 N–H and O–H groups in total. The van der Waals surface area contributed by atoms with Crippen LogP contribution in [0.25, 0.3) is 0 Å². The second kappa shape index (κ2) is 8.09. The summed E-state index contributed by atoms with van der Waals surface area (Å²) in [6.45, 7) is 1.53. The van der Waals surface area contributed by atoms with E-state index in [1.54, 1.807) is 7.11 Å². The molecule has 0 saturated carbocycles. The van der Waals surface area contributed by atoms with Crippen molar-refractivity contribution in [1.82, 2.24) is 0 Å². The average Bonchev–Trinajstić information content (AvgIpc) is 2.30. The molecule has 2 nitrogen and oxygen atoms in total. The molecule has 0 aromatic heterocycles. The summed E-state index contributed by atoms with van der Waals surface area (Å²) in [5, 5.41) is 0.861. The molecule has 0 radical (unpaired) electrons. The maximum Gasteiger partial charge on any atom is 0.133 e. The van der Waals surface area contributed by atoms with Gasteiger partial charge in [-0.15, -0.1) is 0 Å². The highest BCUT2D eigenvalue weighted by Gasteiger charge is 2.01. The predicted molar refractivity (Wildman–Crippen MR) is 73.4 cm³/mol. The molecule has 0 heterocycles. The zero-order chi connectivity index (χ0) is 11.8. The van der Waals surface area contributed by atoms with Gasteiger partial charge in [-0.3, -0.25) is 0 Å². The van der Waals surface area contributed by atoms with Crippen LogP contribution >= 0.6 is 31.9 Å². The fourth-order valence-corrected chi connectivity index (χ4v) is 2.16. The lowest BCUT2D eigenvalue weighted by Gasteiger charge is -2.08. The van der Waals surface area contributed by atoms with Gasteiger partial charge in [-0.2, -0.15) is 0 Å². The van der Waals surface area contributed by atoms with Crippen LogP contribution in [0.1, 0.15) is 18.4 Å². The monoisotopic (exact) mass is 350 g/mol. The van der Waals surface area contributed by atoms with Crippen LogP contribution in [-0.4, -0.2) is 20.3 Å². The van der Waals surface area contributed by atoms with E-state index in [2.05, 4.69) is 44.0 Å². The van der Waals surface area contributed by atoms with Crippen LogP contribution in [0, 0.1) is 0 Å². The van der Waals surface area contributed by atoms with Crippen molar-refractivity contribution in [3.63, 3.8) is 0 Å². The van der Waals surface area contributed by atoms with Gasteiger partial charge < -0.3 is 9.47 Å². The quantitative estimate of drug-likeness (QED) is 0.542. The van der Waals surface area contributed by atoms with E-state index in [4.69, 9.17) is 9.47 Å². The van der Waals surface area contributed by atoms with E-state index >= 15 is 0 Å². The van der Waals surface area contributed by atoms with Crippen molar-refractivity contribution < 1.29 is 9.47 Å². The van der Waals surface area contributed by atoms with Crippen LogP contribution in [0.2, 0.25) is 0 Å². The van der Waals surface area contributed by atoms with E-state index in [1.165, 1.54) is 5.56 Å². The number of benzene rings is 1. The lowest BCUT2D eigenvalue weighted by Crippen LogP contribution is -2.00. The van der Waals surface area contributed by atoms with Gasteiger partial charge in [0, 0.05) is 19.0 Å². The number of ether oxygens (including phenoxy) is 2. The van der Waals surface area contributed by atoms with E-state index in [9.17, 15) is 0 Å². The molecular weight excluding hydrogens is 336 g/mol. The van der Waals surface area contributed by atoms with Gasteiger partial charge in [0.25, 0.3) is 0 Å². The molecule has 4 heteroatoms. The third-order valence-corrected chi connectivity index (χ3v) is 3.42. The number of hydrogen-bond donors (Lipinski definition) is 0. The van der Waals surface area contributed by atoms with Crippen LogP contribution in [-0.2, 0) is 10.1 Å². The number of unbranched alkanes of at least 4 members (excludes halogenated alkanes) is 1. The van der Waals surface area contributed by atoms with Gasteiger partial charge in [-0.05, 0) is 46.5 Å². The van der Waals surface area contributed by atoms with Crippen LogP contribution in [0.4, 0.5) is 0 Å². The van der Waals surface area contributed by atoms with Crippen molar-refractivity contribution in [2.24, 2.45) is 0 Å². The van der Waals surface area contributed by atoms with E-state index < -0.39 is 0 Å². The summed E-state index contributed by atoms with van der Waals surface area (Å²) >= 11 is 6.92. The molecule has 0 amide bonds. The van der Waals surface area contributed by atoms with E-state index in [-0.39, 0.29) is 0 Å². The molecule has 0 aliphatic rings. The Hall–Kier alpha value is -0.0600. The third kappa shape index (κ3) is 4.85. The number of alkyl halides is 1. The fourth-order valence-electron chi connectivity index (χ4n) is 1.28. The molecule has 0 aliphatic carbocycles. The first-order valence-corrected chi connectivity index (χ1v) is 7.15.